The number of nitrogens with zero attached hydrogens (tertiary/aromatic N) is 1. The number of nitrogens with one attached hydrogen (secondary N) is 2. The van der Waals surface area contributed by atoms with Crippen molar-refractivity contribution in [1.29, 1.82) is 0 Å². The molecular formula is C23H27N3O4. The molecule has 1 fully saturated rings. The summed E-state index contributed by atoms with van der Waals surface area (Å²) < 4.78 is 11.2. The van der Waals surface area contributed by atoms with Gasteiger partial charge in [-0.05, 0) is 61.7 Å². The number of ether oxygens (including phenoxy) is 1. The Morgan fingerprint density at radius 2 is 2.03 bits per heavy atom. The fourth-order valence-electron chi connectivity index (χ4n) is 4.12. The summed E-state index contributed by atoms with van der Waals surface area (Å²) in [6.07, 6.45) is 3.63. The second-order valence-electron chi connectivity index (χ2n) is 7.70. The first-order chi connectivity index (χ1) is 14.7. The quantitative estimate of drug-likeness (QED) is 0.417. The van der Waals surface area contributed by atoms with Crippen LogP contribution in [0.5, 0.6) is 0 Å². The van der Waals surface area contributed by atoms with Gasteiger partial charge in [-0.1, -0.05) is 29.4 Å². The molecular weight excluding hydrogens is 382 g/mol. The molecule has 2 N–H and O–H groups in total. The number of hydrogen-bond acceptors (Lipinski definition) is 6. The van der Waals surface area contributed by atoms with E-state index in [4.69, 9.17) is 9.26 Å². The van der Waals surface area contributed by atoms with Gasteiger partial charge in [0, 0.05) is 19.6 Å². The van der Waals surface area contributed by atoms with E-state index in [1.165, 1.54) is 5.56 Å². The molecule has 1 saturated heterocycles. The Morgan fingerprint density at radius 3 is 2.87 bits per heavy atom. The Morgan fingerprint density at radius 1 is 1.17 bits per heavy atom. The molecule has 1 aromatic heterocycles. The van der Waals surface area contributed by atoms with Gasteiger partial charge in [-0.3, -0.25) is 14.9 Å². The van der Waals surface area contributed by atoms with E-state index in [2.05, 4.69) is 27.9 Å². The largest absolute Gasteiger partial charge is 0.381 e. The molecule has 3 aromatic rings. The molecule has 7 heteroatoms. The topological polar surface area (TPSA) is 93.5 Å². The monoisotopic (exact) mass is 409 g/mol. The highest BCUT2D eigenvalue weighted by molar-refractivity contribution is 6.10. The number of aryl methyl sites for hydroxylation is 1. The molecule has 7 nitrogen and oxygen atoms in total. The van der Waals surface area contributed by atoms with Crippen LogP contribution < -0.4 is 10.6 Å². The summed E-state index contributed by atoms with van der Waals surface area (Å²) in [5.41, 5.74) is 2.52. The number of imide groups is 1. The predicted octanol–water partition coefficient (Wildman–Crippen LogP) is 3.06. The number of piperidine rings is 1. The van der Waals surface area contributed by atoms with E-state index >= 15 is 0 Å². The summed E-state index contributed by atoms with van der Waals surface area (Å²) in [5.74, 6) is -1.00. The van der Waals surface area contributed by atoms with Gasteiger partial charge >= 0.3 is 0 Å². The number of carbonyl (C=O) groups excluding carboxylic acids is 2. The van der Waals surface area contributed by atoms with Crippen molar-refractivity contribution in [3.05, 3.63) is 41.6 Å². The smallest absolute Gasteiger partial charge is 0.235 e. The number of fused-ring (bicyclic) bond motifs is 3. The van der Waals surface area contributed by atoms with E-state index < -0.39 is 5.92 Å². The first kappa shape index (κ1) is 20.5. The minimum Gasteiger partial charge on any atom is -0.381 e. The molecule has 158 valence electrons. The summed E-state index contributed by atoms with van der Waals surface area (Å²) in [6, 6.07) is 10.2. The van der Waals surface area contributed by atoms with E-state index in [1.54, 1.807) is 0 Å². The second-order valence-corrected chi connectivity index (χ2v) is 7.70. The maximum absolute atomic E-state index is 12.4. The van der Waals surface area contributed by atoms with Gasteiger partial charge < -0.3 is 14.6 Å². The number of carbonyl (C=O) groups is 2. The maximum atomic E-state index is 12.4. The first-order valence-corrected chi connectivity index (χ1v) is 10.5. The van der Waals surface area contributed by atoms with Gasteiger partial charge in [0.25, 0.3) is 0 Å². The molecule has 30 heavy (non-hydrogen) atoms. The van der Waals surface area contributed by atoms with Gasteiger partial charge in [0.2, 0.25) is 11.8 Å². The molecule has 1 atom stereocenters. The normalized spacial score (nSPS) is 17.0. The molecule has 1 aliphatic rings. The van der Waals surface area contributed by atoms with Gasteiger partial charge in [0.05, 0.1) is 11.3 Å². The van der Waals surface area contributed by atoms with Gasteiger partial charge in [0.15, 0.2) is 5.58 Å². The number of amides is 2. The highest BCUT2D eigenvalue weighted by atomic mass is 16.5. The van der Waals surface area contributed by atoms with E-state index in [-0.39, 0.29) is 11.8 Å². The minimum atomic E-state index is -0.468. The summed E-state index contributed by atoms with van der Waals surface area (Å²) in [7, 11) is 1.94. The van der Waals surface area contributed by atoms with E-state index in [0.717, 1.165) is 55.2 Å². The van der Waals surface area contributed by atoms with Crippen LogP contribution in [0.4, 0.5) is 0 Å². The van der Waals surface area contributed by atoms with Crippen LogP contribution in [0.25, 0.3) is 21.7 Å². The van der Waals surface area contributed by atoms with E-state index in [1.807, 2.05) is 25.2 Å². The summed E-state index contributed by atoms with van der Waals surface area (Å²) in [4.78, 5) is 23.9. The molecule has 4 rings (SSSR count). The number of hydrogen-bond donors (Lipinski definition) is 2. The van der Waals surface area contributed by atoms with Crippen molar-refractivity contribution in [3.8, 4) is 0 Å². The third-order valence-electron chi connectivity index (χ3n) is 5.63. The van der Waals surface area contributed by atoms with Crippen LogP contribution in [0.2, 0.25) is 0 Å². The molecule has 0 saturated carbocycles. The van der Waals surface area contributed by atoms with Crippen molar-refractivity contribution in [2.24, 2.45) is 0 Å². The van der Waals surface area contributed by atoms with Crippen LogP contribution in [-0.4, -0.2) is 43.8 Å². The zero-order chi connectivity index (χ0) is 20.9. The van der Waals surface area contributed by atoms with Crippen LogP contribution in [0.3, 0.4) is 0 Å². The molecule has 2 amide bonds. The predicted molar refractivity (Wildman–Crippen MR) is 114 cm³/mol. The lowest BCUT2D eigenvalue weighted by atomic mass is 9.90. The summed E-state index contributed by atoms with van der Waals surface area (Å²) in [5, 5.41) is 12.8. The molecule has 0 spiro atoms. The minimum absolute atomic E-state index is 0.232. The Balaban J connectivity index is 1.57. The van der Waals surface area contributed by atoms with Crippen LogP contribution in [0.15, 0.2) is 34.9 Å². The molecule has 0 aliphatic carbocycles. The Labute approximate surface area is 175 Å². The average molecular weight is 409 g/mol. The average Bonchev–Trinajstić information content (AvgIpc) is 3.17. The zero-order valence-electron chi connectivity index (χ0n) is 17.2. The van der Waals surface area contributed by atoms with Crippen molar-refractivity contribution in [3.63, 3.8) is 0 Å². The summed E-state index contributed by atoms with van der Waals surface area (Å²) >= 11 is 0. The van der Waals surface area contributed by atoms with Gasteiger partial charge in [-0.15, -0.1) is 0 Å². The lowest BCUT2D eigenvalue weighted by Gasteiger charge is -2.19. The molecule has 0 radical (unpaired) electrons. The molecule has 0 bridgehead atoms. The first-order valence-electron chi connectivity index (χ1n) is 10.5. The zero-order valence-corrected chi connectivity index (χ0v) is 17.2. The third-order valence-corrected chi connectivity index (χ3v) is 5.63. The molecule has 2 heterocycles. The van der Waals surface area contributed by atoms with E-state index in [9.17, 15) is 9.59 Å². The van der Waals surface area contributed by atoms with Crippen LogP contribution in [0.1, 0.15) is 42.9 Å². The highest BCUT2D eigenvalue weighted by Gasteiger charge is 2.32. The fourth-order valence-corrected chi connectivity index (χ4v) is 4.12. The number of aromatic nitrogens is 1. The lowest BCUT2D eigenvalue weighted by molar-refractivity contribution is -0.134. The number of rotatable bonds is 9. The van der Waals surface area contributed by atoms with Gasteiger partial charge in [-0.2, -0.15) is 0 Å². The van der Waals surface area contributed by atoms with Crippen molar-refractivity contribution < 1.29 is 18.8 Å². The summed E-state index contributed by atoms with van der Waals surface area (Å²) in [6.45, 7) is 2.47. The lowest BCUT2D eigenvalue weighted by Crippen LogP contribution is -2.39. The van der Waals surface area contributed by atoms with Gasteiger partial charge in [0.1, 0.15) is 5.69 Å². The SMILES string of the molecule is CNCCCOCCCc1cccc2c1ccc1onc(C3CCC(=O)NC3=O)c12. The van der Waals surface area contributed by atoms with Crippen LogP contribution in [-0.2, 0) is 20.7 Å². The van der Waals surface area contributed by atoms with Crippen LogP contribution >= 0.6 is 0 Å². The molecule has 1 unspecified atom stereocenters. The standard InChI is InChI=1S/C23H27N3O4/c1-24-12-4-14-29-13-3-6-15-5-2-7-17-16(15)8-10-19-21(17)22(26-30-19)18-9-11-20(27)25-23(18)28/h2,5,7-8,10,18,24H,3-4,6,9,11-14H2,1H3,(H,25,27,28). The molecule has 1 aliphatic heterocycles. The maximum Gasteiger partial charge on any atom is 0.235 e. The van der Waals surface area contributed by atoms with E-state index in [0.29, 0.717) is 24.1 Å². The number of benzene rings is 2. The third kappa shape index (κ3) is 4.22. The van der Waals surface area contributed by atoms with Crippen molar-refractivity contribution in [2.45, 2.75) is 38.0 Å². The van der Waals surface area contributed by atoms with Crippen molar-refractivity contribution >= 4 is 33.6 Å². The Bertz CT molecular complexity index is 1060. The Hall–Kier alpha value is -2.77. The van der Waals surface area contributed by atoms with Crippen LogP contribution in [0, 0.1) is 0 Å². The van der Waals surface area contributed by atoms with Crippen molar-refractivity contribution in [1.82, 2.24) is 15.8 Å². The van der Waals surface area contributed by atoms with Gasteiger partial charge in [-0.25, -0.2) is 0 Å². The highest BCUT2D eigenvalue weighted by Crippen LogP contribution is 2.36. The molecule has 2 aromatic carbocycles. The fraction of sp³-hybridized carbons (Fsp3) is 0.435. The van der Waals surface area contributed by atoms with Crippen molar-refractivity contribution in [2.75, 3.05) is 26.8 Å². The Kier molecular flexibility index (Phi) is 6.40. The second kappa shape index (κ2) is 9.36.